The molecule has 0 fully saturated rings. The van der Waals surface area contributed by atoms with Crippen LogP contribution in [0.15, 0.2) is 66.2 Å². The van der Waals surface area contributed by atoms with Crippen LogP contribution < -0.4 is 5.32 Å². The number of nitrogens with one attached hydrogen (secondary N) is 1. The Hall–Kier alpha value is -3.45. The monoisotopic (exact) mass is 391 g/mol. The highest BCUT2D eigenvalue weighted by Gasteiger charge is 2.19. The minimum absolute atomic E-state index is 0.110. The van der Waals surface area contributed by atoms with Crippen molar-refractivity contribution < 1.29 is 14.3 Å². The molecule has 0 radical (unpaired) electrons. The number of imidazole rings is 1. The average molecular weight is 391 g/mol. The van der Waals surface area contributed by atoms with Gasteiger partial charge in [0.15, 0.2) is 4.96 Å². The van der Waals surface area contributed by atoms with E-state index in [0.29, 0.717) is 22.6 Å². The lowest BCUT2D eigenvalue weighted by Crippen LogP contribution is -2.13. The number of ketones is 1. The second-order valence-electron chi connectivity index (χ2n) is 6.19. The zero-order valence-electron chi connectivity index (χ0n) is 15.1. The van der Waals surface area contributed by atoms with E-state index in [1.54, 1.807) is 28.7 Å². The number of benzene rings is 2. The molecule has 0 unspecified atom stereocenters. The molecule has 1 N–H and O–H groups in total. The molecule has 4 aromatic rings. The number of amides is 1. The summed E-state index contributed by atoms with van der Waals surface area (Å²) >= 11 is 1.49. The molecule has 0 spiro atoms. The van der Waals surface area contributed by atoms with Crippen molar-refractivity contribution in [1.29, 1.82) is 0 Å². The van der Waals surface area contributed by atoms with Crippen molar-refractivity contribution >= 4 is 33.9 Å². The lowest BCUT2D eigenvalue weighted by molar-refractivity contribution is 0.103. The van der Waals surface area contributed by atoms with Gasteiger partial charge in [-0.15, -0.1) is 11.3 Å². The van der Waals surface area contributed by atoms with E-state index in [1.807, 2.05) is 48.8 Å². The van der Waals surface area contributed by atoms with Gasteiger partial charge in [0.2, 0.25) is 5.78 Å². The number of rotatable bonds is 5. The Balaban J connectivity index is 1.42. The molecule has 140 valence electrons. The fourth-order valence-electron chi connectivity index (χ4n) is 2.89. The Morgan fingerprint density at radius 1 is 1.11 bits per heavy atom. The fourth-order valence-corrected chi connectivity index (χ4v) is 3.65. The van der Waals surface area contributed by atoms with Gasteiger partial charge in [-0.25, -0.2) is 9.78 Å². The largest absolute Gasteiger partial charge is 0.444 e. The molecule has 2 aromatic carbocycles. The van der Waals surface area contributed by atoms with Crippen LogP contribution in [0.25, 0.3) is 4.96 Å². The standard InChI is InChI=1S/C21H17N3O3S/c1-14-18(24-11-12-28-20(24)22-14)19(25)16-7-9-17(10-8-16)23-21(26)27-13-15-5-3-2-4-6-15/h2-12H,13H2,1H3,(H,23,26). The zero-order valence-corrected chi connectivity index (χ0v) is 15.9. The maximum absolute atomic E-state index is 12.9. The summed E-state index contributed by atoms with van der Waals surface area (Å²) in [6, 6.07) is 16.2. The van der Waals surface area contributed by atoms with E-state index in [1.165, 1.54) is 11.3 Å². The first-order chi connectivity index (χ1) is 13.6. The van der Waals surface area contributed by atoms with Crippen LogP contribution in [-0.2, 0) is 11.3 Å². The summed E-state index contributed by atoms with van der Waals surface area (Å²) in [6.45, 7) is 2.02. The van der Waals surface area contributed by atoms with E-state index in [2.05, 4.69) is 10.3 Å². The number of thiazole rings is 1. The van der Waals surface area contributed by atoms with Gasteiger partial charge in [0, 0.05) is 22.8 Å². The molecular weight excluding hydrogens is 374 g/mol. The first kappa shape index (κ1) is 17.9. The molecule has 2 aromatic heterocycles. The van der Waals surface area contributed by atoms with Crippen molar-refractivity contribution in [1.82, 2.24) is 9.38 Å². The number of carbonyl (C=O) groups excluding carboxylic acids is 2. The predicted molar refractivity (Wildman–Crippen MR) is 108 cm³/mol. The molecule has 6 nitrogen and oxygen atoms in total. The van der Waals surface area contributed by atoms with E-state index in [9.17, 15) is 9.59 Å². The van der Waals surface area contributed by atoms with Gasteiger partial charge >= 0.3 is 6.09 Å². The molecular formula is C21H17N3O3S. The number of carbonyl (C=O) groups is 2. The minimum atomic E-state index is -0.547. The summed E-state index contributed by atoms with van der Waals surface area (Å²) in [4.78, 5) is 30.0. The Morgan fingerprint density at radius 3 is 2.61 bits per heavy atom. The lowest BCUT2D eigenvalue weighted by Gasteiger charge is -2.08. The second kappa shape index (κ2) is 7.66. The van der Waals surface area contributed by atoms with E-state index in [-0.39, 0.29) is 12.4 Å². The molecule has 28 heavy (non-hydrogen) atoms. The van der Waals surface area contributed by atoms with Gasteiger partial charge in [0.25, 0.3) is 0 Å². The third kappa shape index (κ3) is 3.65. The van der Waals surface area contributed by atoms with E-state index >= 15 is 0 Å². The van der Waals surface area contributed by atoms with Gasteiger partial charge in [0.1, 0.15) is 12.3 Å². The van der Waals surface area contributed by atoms with Crippen LogP contribution in [0, 0.1) is 6.92 Å². The molecule has 2 heterocycles. The third-order valence-corrected chi connectivity index (χ3v) is 5.01. The van der Waals surface area contributed by atoms with Gasteiger partial charge in [-0.05, 0) is 36.8 Å². The number of aryl methyl sites for hydroxylation is 1. The van der Waals surface area contributed by atoms with Gasteiger partial charge in [-0.1, -0.05) is 30.3 Å². The van der Waals surface area contributed by atoms with Crippen LogP contribution in [0.5, 0.6) is 0 Å². The van der Waals surface area contributed by atoms with Crippen LogP contribution in [0.4, 0.5) is 10.5 Å². The zero-order chi connectivity index (χ0) is 19.5. The molecule has 0 atom stereocenters. The smallest absolute Gasteiger partial charge is 0.411 e. The highest BCUT2D eigenvalue weighted by molar-refractivity contribution is 7.15. The van der Waals surface area contributed by atoms with Gasteiger partial charge in [0.05, 0.1) is 5.69 Å². The van der Waals surface area contributed by atoms with Crippen LogP contribution in [0.3, 0.4) is 0 Å². The quantitative estimate of drug-likeness (QED) is 0.501. The van der Waals surface area contributed by atoms with Crippen molar-refractivity contribution in [2.45, 2.75) is 13.5 Å². The molecule has 1 amide bonds. The van der Waals surface area contributed by atoms with Gasteiger partial charge in [-0.2, -0.15) is 0 Å². The summed E-state index contributed by atoms with van der Waals surface area (Å²) in [5, 5.41) is 4.56. The second-order valence-corrected chi connectivity index (χ2v) is 7.07. The molecule has 0 aliphatic heterocycles. The minimum Gasteiger partial charge on any atom is -0.444 e. The Morgan fingerprint density at radius 2 is 1.86 bits per heavy atom. The van der Waals surface area contributed by atoms with Crippen LogP contribution >= 0.6 is 11.3 Å². The van der Waals surface area contributed by atoms with Gasteiger partial charge < -0.3 is 4.74 Å². The number of aromatic nitrogens is 2. The van der Waals surface area contributed by atoms with Crippen LogP contribution in [-0.4, -0.2) is 21.3 Å². The first-order valence-corrected chi connectivity index (χ1v) is 9.54. The highest BCUT2D eigenvalue weighted by Crippen LogP contribution is 2.21. The summed E-state index contributed by atoms with van der Waals surface area (Å²) in [7, 11) is 0. The summed E-state index contributed by atoms with van der Waals surface area (Å²) in [5.74, 6) is -0.110. The van der Waals surface area contributed by atoms with E-state index in [0.717, 1.165) is 10.5 Å². The number of anilines is 1. The first-order valence-electron chi connectivity index (χ1n) is 8.66. The van der Waals surface area contributed by atoms with Crippen LogP contribution in [0.2, 0.25) is 0 Å². The summed E-state index contributed by atoms with van der Waals surface area (Å²) in [5.41, 5.74) is 3.25. The van der Waals surface area contributed by atoms with E-state index in [4.69, 9.17) is 4.74 Å². The molecule has 0 bridgehead atoms. The molecule has 0 saturated carbocycles. The number of fused-ring (bicyclic) bond motifs is 1. The molecule has 7 heteroatoms. The topological polar surface area (TPSA) is 72.7 Å². The van der Waals surface area contributed by atoms with Crippen molar-refractivity contribution in [2.24, 2.45) is 0 Å². The normalized spacial score (nSPS) is 10.8. The van der Waals surface area contributed by atoms with Crippen LogP contribution in [0.1, 0.15) is 27.3 Å². The third-order valence-electron chi connectivity index (χ3n) is 4.26. The highest BCUT2D eigenvalue weighted by atomic mass is 32.1. The summed E-state index contributed by atoms with van der Waals surface area (Å²) in [6.07, 6.45) is 1.29. The molecule has 0 aliphatic rings. The number of hydrogen-bond acceptors (Lipinski definition) is 5. The Kier molecular flexibility index (Phi) is 4.90. The maximum Gasteiger partial charge on any atom is 0.411 e. The number of hydrogen-bond donors (Lipinski definition) is 1. The van der Waals surface area contributed by atoms with Crippen molar-refractivity contribution in [2.75, 3.05) is 5.32 Å². The summed E-state index contributed by atoms with van der Waals surface area (Å²) < 4.78 is 7.00. The maximum atomic E-state index is 12.9. The number of ether oxygens (including phenoxy) is 1. The molecule has 0 aliphatic carbocycles. The van der Waals surface area contributed by atoms with Crippen molar-refractivity contribution in [3.05, 3.63) is 88.7 Å². The number of nitrogens with zero attached hydrogens (tertiary/aromatic N) is 2. The van der Waals surface area contributed by atoms with Gasteiger partial charge in [-0.3, -0.25) is 14.5 Å². The average Bonchev–Trinajstić information content (AvgIpc) is 3.27. The van der Waals surface area contributed by atoms with Crippen molar-refractivity contribution in [3.8, 4) is 0 Å². The molecule has 4 rings (SSSR count). The molecule has 0 saturated heterocycles. The predicted octanol–water partition coefficient (Wildman–Crippen LogP) is 4.68. The fraction of sp³-hybridized carbons (Fsp3) is 0.0952. The Bertz CT molecular complexity index is 1130. The SMILES string of the molecule is Cc1nc2sccn2c1C(=O)c1ccc(NC(=O)OCc2ccccc2)cc1. The van der Waals surface area contributed by atoms with E-state index < -0.39 is 6.09 Å². The lowest BCUT2D eigenvalue weighted by atomic mass is 10.1. The Labute approximate surface area is 165 Å². The van der Waals surface area contributed by atoms with Crippen molar-refractivity contribution in [3.63, 3.8) is 0 Å².